The van der Waals surface area contributed by atoms with Crippen LogP contribution < -0.4 is 41.7 Å². The summed E-state index contributed by atoms with van der Waals surface area (Å²) in [4.78, 5) is 14.9. The zero-order valence-electron chi connectivity index (χ0n) is 32.0. The highest BCUT2D eigenvalue weighted by Crippen LogP contribution is 2.48. The number of hydrogen-bond donors (Lipinski definition) is 0. The third-order valence-corrected chi connectivity index (χ3v) is 16.8. The largest absolute Gasteiger partial charge is 0.311 e. The van der Waals surface area contributed by atoms with Gasteiger partial charge in [-0.3, -0.25) is 9.97 Å². The molecular weight excluding hydrogens is 695 g/mol. The van der Waals surface area contributed by atoms with Gasteiger partial charge in [-0.2, -0.15) is 0 Å². The molecule has 5 heterocycles. The molecule has 11 rings (SSSR count). The average Bonchev–Trinajstić information content (AvgIpc) is 3.23. The minimum atomic E-state index is -2.60. The fraction of sp³-hybridized carbons (Fsp3) is 0.0800. The molecule has 0 bridgehead atoms. The van der Waals surface area contributed by atoms with Crippen molar-refractivity contribution < 1.29 is 0 Å². The number of pyridine rings is 2. The van der Waals surface area contributed by atoms with Crippen molar-refractivity contribution in [3.8, 4) is 22.5 Å². The molecule has 0 amide bonds. The van der Waals surface area contributed by atoms with Gasteiger partial charge in [0.15, 0.2) is 0 Å². The second-order valence-corrected chi connectivity index (χ2v) is 19.7. The van der Waals surface area contributed by atoms with E-state index in [1.54, 1.807) is 0 Å². The van der Waals surface area contributed by atoms with Crippen LogP contribution in [0.4, 0.5) is 34.1 Å². The van der Waals surface area contributed by atoms with Gasteiger partial charge in [0, 0.05) is 46.3 Å². The molecule has 6 heteroatoms. The Kier molecular flexibility index (Phi) is 7.20. The molecule has 2 aromatic heterocycles. The number of anilines is 6. The maximum Gasteiger partial charge on any atom is 0.251 e. The molecule has 0 saturated heterocycles. The Morgan fingerprint density at radius 2 is 0.839 bits per heavy atom. The molecule has 56 heavy (non-hydrogen) atoms. The summed E-state index contributed by atoms with van der Waals surface area (Å²) in [5, 5.41) is 4.44. The first-order valence-corrected chi connectivity index (χ1v) is 22.0. The third kappa shape index (κ3) is 4.60. The second-order valence-electron chi connectivity index (χ2n) is 15.8. The molecule has 4 nitrogen and oxygen atoms in total. The van der Waals surface area contributed by atoms with Crippen LogP contribution in [-0.2, 0) is 0 Å². The van der Waals surface area contributed by atoms with Crippen molar-refractivity contribution in [2.45, 2.75) is 27.3 Å². The van der Waals surface area contributed by atoms with E-state index in [0.717, 1.165) is 33.9 Å². The van der Waals surface area contributed by atoms with Crippen LogP contribution in [0.15, 0.2) is 164 Å². The molecule has 6 aromatic carbocycles. The van der Waals surface area contributed by atoms with E-state index in [4.69, 9.17) is 9.97 Å². The van der Waals surface area contributed by atoms with Crippen molar-refractivity contribution in [1.29, 1.82) is 0 Å². The number of rotatable bonds is 5. The minimum Gasteiger partial charge on any atom is -0.311 e. The van der Waals surface area contributed by atoms with E-state index in [-0.39, 0.29) is 6.71 Å². The Labute approximate surface area is 329 Å². The summed E-state index contributed by atoms with van der Waals surface area (Å²) in [7, 11) is -2.60. The summed E-state index contributed by atoms with van der Waals surface area (Å²) in [6.07, 6.45) is 3.80. The summed E-state index contributed by atoms with van der Waals surface area (Å²) < 4.78 is 0. The normalized spacial score (nSPS) is 14.1. The van der Waals surface area contributed by atoms with Crippen molar-refractivity contribution in [3.63, 3.8) is 0 Å². The van der Waals surface area contributed by atoms with Crippen LogP contribution in [0, 0.1) is 20.8 Å². The van der Waals surface area contributed by atoms with Gasteiger partial charge in [-0.25, -0.2) is 0 Å². The van der Waals surface area contributed by atoms with Gasteiger partial charge >= 0.3 is 0 Å². The van der Waals surface area contributed by atoms with Gasteiger partial charge in [0.1, 0.15) is 8.07 Å². The van der Waals surface area contributed by atoms with E-state index in [1.807, 2.05) is 24.5 Å². The van der Waals surface area contributed by atoms with E-state index < -0.39 is 8.07 Å². The molecule has 0 fully saturated rings. The fourth-order valence-corrected chi connectivity index (χ4v) is 14.5. The van der Waals surface area contributed by atoms with Crippen molar-refractivity contribution in [2.75, 3.05) is 9.80 Å². The lowest BCUT2D eigenvalue weighted by atomic mass is 9.33. The van der Waals surface area contributed by atoms with E-state index in [0.29, 0.717) is 0 Å². The monoisotopic (exact) mass is 734 g/mol. The molecule has 8 aromatic rings. The maximum absolute atomic E-state index is 4.90. The van der Waals surface area contributed by atoms with E-state index in [1.165, 1.54) is 71.4 Å². The number of para-hydroxylation sites is 2. The van der Waals surface area contributed by atoms with Crippen LogP contribution in [0.2, 0.25) is 6.55 Å². The van der Waals surface area contributed by atoms with Crippen LogP contribution in [0.1, 0.15) is 16.7 Å². The highest BCUT2D eigenvalue weighted by Gasteiger charge is 2.54. The Morgan fingerprint density at radius 1 is 0.429 bits per heavy atom. The molecule has 0 atom stereocenters. The highest BCUT2D eigenvalue weighted by atomic mass is 28.3. The Balaban J connectivity index is 1.32. The molecule has 0 radical (unpaired) electrons. The van der Waals surface area contributed by atoms with Gasteiger partial charge < -0.3 is 9.80 Å². The lowest BCUT2D eigenvalue weighted by Gasteiger charge is -2.51. The van der Waals surface area contributed by atoms with Crippen molar-refractivity contribution in [2.24, 2.45) is 0 Å². The zero-order valence-corrected chi connectivity index (χ0v) is 33.0. The molecule has 0 N–H and O–H groups in total. The smallest absolute Gasteiger partial charge is 0.251 e. The number of benzene rings is 6. The van der Waals surface area contributed by atoms with Gasteiger partial charge in [-0.05, 0) is 120 Å². The molecule has 3 aliphatic heterocycles. The molecule has 266 valence electrons. The molecule has 3 aliphatic rings. The first-order valence-electron chi connectivity index (χ1n) is 19.5. The molecule has 0 aliphatic carbocycles. The third-order valence-electron chi connectivity index (χ3n) is 12.3. The van der Waals surface area contributed by atoms with Gasteiger partial charge in [0.25, 0.3) is 6.71 Å². The predicted molar refractivity (Wildman–Crippen MR) is 238 cm³/mol. The zero-order chi connectivity index (χ0) is 37.7. The fourth-order valence-electron chi connectivity index (χ4n) is 10.0. The van der Waals surface area contributed by atoms with Crippen LogP contribution in [-0.4, -0.2) is 24.8 Å². The Morgan fingerprint density at radius 3 is 1.30 bits per heavy atom. The standard InChI is InChI=1S/C50H39BN4Si/c1-32-26-42-48-43(27-32)55(41-23-11-9-19-37(41)39-21-13-15-25-53-39)45-29-34(3)31-47-50(45)51(48)49-44(28-33(2)30-46(49)56(47,4)35-16-6-5-7-17-35)54(42)40-22-10-8-18-36(40)38-20-12-14-24-52-38/h5-31H,1-4H3. The SMILES string of the molecule is Cc1cc2c3c(c1)N(c1ccccc1-c1ccccn1)c1cc(C)cc4c1B3c1c(cc(C)cc1[Si]4(C)c1ccccc1)N2c1ccccc1-c1ccccn1. The molecule has 0 unspecified atom stereocenters. The van der Waals surface area contributed by atoms with Crippen LogP contribution >= 0.6 is 0 Å². The Bertz CT molecular complexity index is 2710. The summed E-state index contributed by atoms with van der Waals surface area (Å²) in [5.41, 5.74) is 19.4. The van der Waals surface area contributed by atoms with E-state index in [9.17, 15) is 0 Å². The topological polar surface area (TPSA) is 32.3 Å². The van der Waals surface area contributed by atoms with E-state index in [2.05, 4.69) is 177 Å². The summed E-state index contributed by atoms with van der Waals surface area (Å²) in [6, 6.07) is 56.2. The van der Waals surface area contributed by atoms with Gasteiger partial charge in [0.2, 0.25) is 0 Å². The number of nitrogens with zero attached hydrogens (tertiary/aromatic N) is 4. The quantitative estimate of drug-likeness (QED) is 0.167. The summed E-state index contributed by atoms with van der Waals surface area (Å²) in [6.45, 7) is 9.48. The number of aromatic nitrogens is 2. The van der Waals surface area contributed by atoms with Gasteiger partial charge in [-0.1, -0.05) is 108 Å². The summed E-state index contributed by atoms with van der Waals surface area (Å²) >= 11 is 0. The van der Waals surface area contributed by atoms with Crippen molar-refractivity contribution >= 4 is 80.9 Å². The minimum absolute atomic E-state index is 0.0672. The molecule has 0 saturated carbocycles. The highest BCUT2D eigenvalue weighted by molar-refractivity contribution is 7.21. The summed E-state index contributed by atoms with van der Waals surface area (Å²) in [5.74, 6) is 0. The first-order chi connectivity index (χ1) is 27.4. The first kappa shape index (κ1) is 32.9. The molecule has 0 spiro atoms. The predicted octanol–water partition coefficient (Wildman–Crippen LogP) is 8.23. The lowest BCUT2D eigenvalue weighted by molar-refractivity contribution is 1.22. The Hall–Kier alpha value is -6.50. The lowest BCUT2D eigenvalue weighted by Crippen LogP contribution is -2.83. The van der Waals surface area contributed by atoms with Crippen molar-refractivity contribution in [3.05, 3.63) is 181 Å². The molecular formula is C50H39BN4Si. The van der Waals surface area contributed by atoms with Gasteiger partial charge in [0.05, 0.1) is 22.8 Å². The maximum atomic E-state index is 4.90. The van der Waals surface area contributed by atoms with Crippen molar-refractivity contribution in [1.82, 2.24) is 9.97 Å². The van der Waals surface area contributed by atoms with Crippen LogP contribution in [0.25, 0.3) is 22.5 Å². The number of aryl methyl sites for hydroxylation is 3. The van der Waals surface area contributed by atoms with E-state index >= 15 is 0 Å². The average molecular weight is 735 g/mol. The van der Waals surface area contributed by atoms with Gasteiger partial charge in [-0.15, -0.1) is 0 Å². The van der Waals surface area contributed by atoms with Crippen LogP contribution in [0.5, 0.6) is 0 Å². The number of hydrogen-bond acceptors (Lipinski definition) is 4. The second kappa shape index (κ2) is 12.3. The van der Waals surface area contributed by atoms with Crippen LogP contribution in [0.3, 0.4) is 0 Å².